The molecule has 0 atom stereocenters. The molecule has 0 bridgehead atoms. The number of benzene rings is 2. The third kappa shape index (κ3) is 5.86. The molecular weight excluding hydrogens is 529 g/mol. The molecule has 10 nitrogen and oxygen atoms in total. The summed E-state index contributed by atoms with van der Waals surface area (Å²) < 4.78 is 27.7. The molecule has 0 aliphatic carbocycles. The Morgan fingerprint density at radius 1 is 1.12 bits per heavy atom. The van der Waals surface area contributed by atoms with Crippen LogP contribution in [0.15, 0.2) is 65.8 Å². The van der Waals surface area contributed by atoms with Gasteiger partial charge < -0.3 is 19.5 Å². The van der Waals surface area contributed by atoms with Crippen molar-refractivity contribution in [1.82, 2.24) is 24.2 Å². The van der Waals surface area contributed by atoms with Crippen LogP contribution in [0.4, 0.5) is 4.39 Å². The van der Waals surface area contributed by atoms with Gasteiger partial charge in [-0.05, 0) is 68.0 Å². The maximum absolute atomic E-state index is 13.3. The van der Waals surface area contributed by atoms with E-state index >= 15 is 0 Å². The molecule has 0 spiro atoms. The van der Waals surface area contributed by atoms with Gasteiger partial charge in [0.25, 0.3) is 11.5 Å². The number of halogens is 1. The van der Waals surface area contributed by atoms with Crippen molar-refractivity contribution in [3.8, 4) is 11.4 Å². The van der Waals surface area contributed by atoms with Crippen molar-refractivity contribution in [2.75, 3.05) is 32.9 Å². The van der Waals surface area contributed by atoms with E-state index in [1.807, 2.05) is 24.3 Å². The SMILES string of the molecule is O=C(c1ccc(F)cc1)N1CCC(O)(Cn2cnc3c(cnn3-c3cccc(OCC4CCOCC4)c3)c2=O)CC1. The Kier molecular flexibility index (Phi) is 7.55. The van der Waals surface area contributed by atoms with Crippen LogP contribution >= 0.6 is 0 Å². The minimum Gasteiger partial charge on any atom is -0.493 e. The zero-order chi connectivity index (χ0) is 28.4. The molecule has 2 aromatic carbocycles. The van der Waals surface area contributed by atoms with Crippen LogP contribution in [0.25, 0.3) is 16.7 Å². The average molecular weight is 562 g/mol. The van der Waals surface area contributed by atoms with Gasteiger partial charge in [-0.2, -0.15) is 5.10 Å². The Morgan fingerprint density at radius 3 is 2.63 bits per heavy atom. The molecule has 0 saturated carbocycles. The van der Waals surface area contributed by atoms with Crippen molar-refractivity contribution in [1.29, 1.82) is 0 Å². The fraction of sp³-hybridized carbons (Fsp3) is 0.400. The minimum atomic E-state index is -1.18. The van der Waals surface area contributed by atoms with E-state index in [4.69, 9.17) is 9.47 Å². The smallest absolute Gasteiger partial charge is 0.264 e. The number of likely N-dealkylation sites (tertiary alicyclic amines) is 1. The van der Waals surface area contributed by atoms with E-state index in [0.717, 1.165) is 37.5 Å². The van der Waals surface area contributed by atoms with Crippen molar-refractivity contribution >= 4 is 16.9 Å². The number of ether oxygens (including phenoxy) is 2. The predicted octanol–water partition coefficient (Wildman–Crippen LogP) is 3.19. The van der Waals surface area contributed by atoms with E-state index in [2.05, 4.69) is 10.1 Å². The first kappa shape index (κ1) is 27.1. The van der Waals surface area contributed by atoms with Crippen molar-refractivity contribution in [3.05, 3.63) is 82.8 Å². The van der Waals surface area contributed by atoms with Crippen molar-refractivity contribution in [2.45, 2.75) is 37.8 Å². The highest BCUT2D eigenvalue weighted by atomic mass is 19.1. The lowest BCUT2D eigenvalue weighted by atomic mass is 9.91. The van der Waals surface area contributed by atoms with Crippen LogP contribution < -0.4 is 10.3 Å². The summed E-state index contributed by atoms with van der Waals surface area (Å²) in [4.78, 5) is 32.3. The second-order valence-corrected chi connectivity index (χ2v) is 10.9. The molecule has 1 amide bonds. The molecule has 1 N–H and O–H groups in total. The molecule has 2 aliphatic heterocycles. The summed E-state index contributed by atoms with van der Waals surface area (Å²) in [6, 6.07) is 13.0. The number of amides is 1. The molecule has 4 heterocycles. The highest BCUT2D eigenvalue weighted by Crippen LogP contribution is 2.26. The Hall–Kier alpha value is -4.09. The zero-order valence-corrected chi connectivity index (χ0v) is 22.6. The van der Waals surface area contributed by atoms with Crippen molar-refractivity contribution in [3.63, 3.8) is 0 Å². The van der Waals surface area contributed by atoms with Gasteiger partial charge in [0.1, 0.15) is 23.3 Å². The summed E-state index contributed by atoms with van der Waals surface area (Å²) in [6.45, 7) is 2.85. The molecule has 214 valence electrons. The van der Waals surface area contributed by atoms with Crippen LogP contribution in [0.5, 0.6) is 5.75 Å². The van der Waals surface area contributed by atoms with Gasteiger partial charge in [0.15, 0.2) is 5.65 Å². The largest absolute Gasteiger partial charge is 0.493 e. The summed E-state index contributed by atoms with van der Waals surface area (Å²) in [5.41, 5.74) is 0.0678. The number of piperidine rings is 1. The van der Waals surface area contributed by atoms with Gasteiger partial charge in [-0.3, -0.25) is 14.2 Å². The molecule has 11 heteroatoms. The number of hydrogen-bond donors (Lipinski definition) is 1. The fourth-order valence-corrected chi connectivity index (χ4v) is 5.46. The minimum absolute atomic E-state index is 0.0497. The van der Waals surface area contributed by atoms with Crippen LogP contribution in [0.3, 0.4) is 0 Å². The van der Waals surface area contributed by atoms with Gasteiger partial charge in [-0.15, -0.1) is 0 Å². The van der Waals surface area contributed by atoms with Gasteiger partial charge in [-0.25, -0.2) is 14.1 Å². The summed E-state index contributed by atoms with van der Waals surface area (Å²) in [7, 11) is 0. The first-order valence-electron chi connectivity index (χ1n) is 13.9. The summed E-state index contributed by atoms with van der Waals surface area (Å²) in [5.74, 6) is 0.574. The van der Waals surface area contributed by atoms with Crippen LogP contribution in [0.2, 0.25) is 0 Å². The second-order valence-electron chi connectivity index (χ2n) is 10.9. The molecule has 4 aromatic rings. The Bertz CT molecular complexity index is 1590. The summed E-state index contributed by atoms with van der Waals surface area (Å²) >= 11 is 0. The number of carbonyl (C=O) groups is 1. The van der Waals surface area contributed by atoms with E-state index in [0.29, 0.717) is 55.1 Å². The normalized spacial score (nSPS) is 17.6. The Balaban J connectivity index is 1.13. The number of rotatable bonds is 7. The standard InChI is InChI=1S/C30H32FN5O5/c31-23-6-4-22(5-7-23)28(37)34-12-10-30(39,11-13-34)19-35-20-32-27-26(29(35)38)17-33-36(27)24-2-1-3-25(16-24)41-18-21-8-14-40-15-9-21/h1-7,16-17,20-21,39H,8-15,18-19H2. The molecule has 2 aliphatic rings. The number of hydrogen-bond acceptors (Lipinski definition) is 7. The molecule has 0 radical (unpaired) electrons. The van der Waals surface area contributed by atoms with Gasteiger partial charge in [0, 0.05) is 37.9 Å². The molecular formula is C30H32FN5O5. The van der Waals surface area contributed by atoms with Crippen LogP contribution in [0, 0.1) is 11.7 Å². The maximum atomic E-state index is 13.3. The van der Waals surface area contributed by atoms with E-state index < -0.39 is 11.4 Å². The van der Waals surface area contributed by atoms with Crippen molar-refractivity contribution in [2.24, 2.45) is 5.92 Å². The van der Waals surface area contributed by atoms with E-state index in [-0.39, 0.29) is 18.0 Å². The molecule has 41 heavy (non-hydrogen) atoms. The molecule has 2 saturated heterocycles. The van der Waals surface area contributed by atoms with Gasteiger partial charge in [-0.1, -0.05) is 6.07 Å². The van der Waals surface area contributed by atoms with E-state index in [9.17, 15) is 19.1 Å². The third-order valence-electron chi connectivity index (χ3n) is 7.98. The number of aromatic nitrogens is 4. The average Bonchev–Trinajstić information content (AvgIpc) is 3.44. The van der Waals surface area contributed by atoms with Crippen LogP contribution in [-0.2, 0) is 11.3 Å². The summed E-state index contributed by atoms with van der Waals surface area (Å²) in [5, 5.41) is 16.0. The highest BCUT2D eigenvalue weighted by Gasteiger charge is 2.35. The fourth-order valence-electron chi connectivity index (χ4n) is 5.46. The number of nitrogens with zero attached hydrogens (tertiary/aromatic N) is 5. The quantitative estimate of drug-likeness (QED) is 0.369. The highest BCUT2D eigenvalue weighted by molar-refractivity contribution is 5.94. The summed E-state index contributed by atoms with van der Waals surface area (Å²) in [6.07, 6.45) is 5.49. The lowest BCUT2D eigenvalue weighted by Gasteiger charge is -2.38. The molecule has 2 aromatic heterocycles. The van der Waals surface area contributed by atoms with E-state index in [1.165, 1.54) is 41.4 Å². The predicted molar refractivity (Wildman–Crippen MR) is 149 cm³/mol. The number of aliphatic hydroxyl groups is 1. The number of fused-ring (bicyclic) bond motifs is 1. The third-order valence-corrected chi connectivity index (χ3v) is 7.98. The second kappa shape index (κ2) is 11.4. The van der Waals surface area contributed by atoms with Gasteiger partial charge in [0.2, 0.25) is 0 Å². The lowest BCUT2D eigenvalue weighted by Crippen LogP contribution is -2.49. The first-order chi connectivity index (χ1) is 19.9. The monoisotopic (exact) mass is 561 g/mol. The lowest BCUT2D eigenvalue weighted by molar-refractivity contribution is -0.0299. The van der Waals surface area contributed by atoms with Crippen LogP contribution in [-0.4, -0.2) is 73.8 Å². The van der Waals surface area contributed by atoms with E-state index in [1.54, 1.807) is 9.58 Å². The van der Waals surface area contributed by atoms with Gasteiger partial charge >= 0.3 is 0 Å². The zero-order valence-electron chi connectivity index (χ0n) is 22.6. The first-order valence-corrected chi connectivity index (χ1v) is 13.9. The van der Waals surface area contributed by atoms with Crippen LogP contribution in [0.1, 0.15) is 36.0 Å². The molecule has 0 unspecified atom stereocenters. The topological polar surface area (TPSA) is 112 Å². The van der Waals surface area contributed by atoms with Crippen molar-refractivity contribution < 1.29 is 23.8 Å². The Labute approximate surface area is 235 Å². The van der Waals surface area contributed by atoms with Gasteiger partial charge in [0.05, 0.1) is 30.6 Å². The maximum Gasteiger partial charge on any atom is 0.264 e. The Morgan fingerprint density at radius 2 is 1.88 bits per heavy atom. The number of carbonyl (C=O) groups excluding carboxylic acids is 1. The molecule has 6 rings (SSSR count). The molecule has 2 fully saturated rings.